The number of carbonyl (C=O) groups excluding carboxylic acids is 2. The van der Waals surface area contributed by atoms with Gasteiger partial charge in [0.05, 0.1) is 30.7 Å². The van der Waals surface area contributed by atoms with Crippen molar-refractivity contribution in [1.82, 2.24) is 19.4 Å². The summed E-state index contributed by atoms with van der Waals surface area (Å²) in [5.41, 5.74) is 6.93. The van der Waals surface area contributed by atoms with E-state index in [4.69, 9.17) is 9.72 Å². The van der Waals surface area contributed by atoms with Crippen molar-refractivity contribution in [3.05, 3.63) is 124 Å². The molecule has 1 saturated heterocycles. The van der Waals surface area contributed by atoms with E-state index in [1.807, 2.05) is 48.7 Å². The summed E-state index contributed by atoms with van der Waals surface area (Å²) in [6.45, 7) is 6.79. The monoisotopic (exact) mass is 750 g/mol. The number of morpholine rings is 1. The molecule has 10 nitrogen and oxygen atoms in total. The van der Waals surface area contributed by atoms with Crippen molar-refractivity contribution in [1.29, 1.82) is 0 Å². The number of hydrogen-bond acceptors (Lipinski definition) is 7. The Balaban J connectivity index is 0.00000450. The van der Waals surface area contributed by atoms with E-state index in [1.165, 1.54) is 17.7 Å². The summed E-state index contributed by atoms with van der Waals surface area (Å²) >= 11 is 0. The first-order valence-corrected chi connectivity index (χ1v) is 18.1. The summed E-state index contributed by atoms with van der Waals surface area (Å²) in [5.74, 6) is 0.000452. The van der Waals surface area contributed by atoms with Crippen LogP contribution in [0.25, 0.3) is 11.3 Å². The van der Waals surface area contributed by atoms with Crippen LogP contribution in [0.15, 0.2) is 85.1 Å². The van der Waals surface area contributed by atoms with Gasteiger partial charge in [-0.05, 0) is 91.1 Å². The molecule has 54 heavy (non-hydrogen) atoms. The molecule has 280 valence electrons. The van der Waals surface area contributed by atoms with Crippen LogP contribution in [-0.2, 0) is 31.2 Å². The largest absolute Gasteiger partial charge is 0.508 e. The van der Waals surface area contributed by atoms with E-state index in [0.29, 0.717) is 65.8 Å². The van der Waals surface area contributed by atoms with Gasteiger partial charge in [0.2, 0.25) is 0 Å². The normalized spacial score (nSPS) is 16.8. The third-order valence-corrected chi connectivity index (χ3v) is 11.0. The zero-order valence-corrected chi connectivity index (χ0v) is 31.5. The van der Waals surface area contributed by atoms with Gasteiger partial charge in [0.15, 0.2) is 0 Å². The number of ether oxygens (including phenoxy) is 1. The van der Waals surface area contributed by atoms with E-state index in [0.717, 1.165) is 49.4 Å². The molecule has 0 bridgehead atoms. The molecule has 0 radical (unpaired) electrons. The number of likely N-dealkylation sites (N-methyl/N-ethyl adjacent to an activating group) is 1. The summed E-state index contributed by atoms with van der Waals surface area (Å²) in [6.07, 6.45) is 3.22. The van der Waals surface area contributed by atoms with Crippen molar-refractivity contribution in [2.45, 2.75) is 32.4 Å². The minimum atomic E-state index is -0.475. The molecule has 5 heterocycles. The third kappa shape index (κ3) is 6.95. The number of halogens is 2. The first-order valence-electron chi connectivity index (χ1n) is 18.1. The van der Waals surface area contributed by atoms with Crippen LogP contribution in [0.2, 0.25) is 0 Å². The minimum absolute atomic E-state index is 0. The van der Waals surface area contributed by atoms with Crippen LogP contribution >= 0.6 is 12.4 Å². The first kappa shape index (κ1) is 37.1. The van der Waals surface area contributed by atoms with E-state index < -0.39 is 5.82 Å². The third-order valence-electron chi connectivity index (χ3n) is 11.0. The Morgan fingerprint density at radius 1 is 0.907 bits per heavy atom. The van der Waals surface area contributed by atoms with Gasteiger partial charge in [-0.3, -0.25) is 19.4 Å². The topological polar surface area (TPSA) is 94.4 Å². The fourth-order valence-corrected chi connectivity index (χ4v) is 7.95. The number of anilines is 3. The van der Waals surface area contributed by atoms with Crippen LogP contribution in [0.5, 0.6) is 5.75 Å². The lowest BCUT2D eigenvalue weighted by Gasteiger charge is -2.40. The molecule has 8 rings (SSSR count). The second-order valence-electron chi connectivity index (χ2n) is 14.3. The molecular formula is C42H44ClFN6O4. The molecule has 12 heteroatoms. The van der Waals surface area contributed by atoms with Gasteiger partial charge in [-0.1, -0.05) is 24.3 Å². The van der Waals surface area contributed by atoms with E-state index >= 15 is 4.39 Å². The van der Waals surface area contributed by atoms with Gasteiger partial charge in [-0.25, -0.2) is 9.37 Å². The molecule has 5 aromatic rings. The zero-order valence-electron chi connectivity index (χ0n) is 30.7. The number of benzene rings is 3. The quantitative estimate of drug-likeness (QED) is 0.202. The molecule has 0 saturated carbocycles. The highest BCUT2D eigenvalue weighted by Crippen LogP contribution is 2.37. The zero-order chi connectivity index (χ0) is 36.8. The molecule has 3 aliphatic heterocycles. The Morgan fingerprint density at radius 2 is 1.65 bits per heavy atom. The molecule has 1 fully saturated rings. The van der Waals surface area contributed by atoms with Crippen LogP contribution in [0.4, 0.5) is 21.6 Å². The Kier molecular flexibility index (Phi) is 10.5. The lowest BCUT2D eigenvalue weighted by molar-refractivity contribution is 0.0193. The van der Waals surface area contributed by atoms with Crippen LogP contribution in [0, 0.1) is 12.7 Å². The maximum Gasteiger partial charge on any atom is 0.264 e. The van der Waals surface area contributed by atoms with Gasteiger partial charge < -0.3 is 24.2 Å². The van der Waals surface area contributed by atoms with Gasteiger partial charge in [0.1, 0.15) is 17.4 Å². The number of hydrogen-bond donors (Lipinski definition) is 1. The van der Waals surface area contributed by atoms with Crippen molar-refractivity contribution in [3.8, 4) is 17.0 Å². The number of fused-ring (bicyclic) bond motifs is 2. The highest BCUT2D eigenvalue weighted by molar-refractivity contribution is 6.12. The summed E-state index contributed by atoms with van der Waals surface area (Å²) < 4.78 is 22.6. The number of aromatic hydroxyl groups is 1. The molecule has 0 unspecified atom stereocenters. The standard InChI is InChI=1S/C42H43FN6O4.ClH/c1-27-37(42(52)49(32-9-11-35(50)12-10-32)33-21-29-14-15-45(2)40(29)44-24-33)23-39(46(27)3)38-22-31(43)8-13-36(38)41(51)48-25-30-7-5-4-6-28(30)20-34(48)26-47-16-18-53-19-17-47;/h4-13,21-24,34,50H,14-20,25-26H2,1-3H3;1H/t34-;/m0./s1. The number of aromatic nitrogens is 2. The van der Waals surface area contributed by atoms with Gasteiger partial charge in [0, 0.05) is 81.1 Å². The Labute approximate surface area is 320 Å². The maximum atomic E-state index is 15.2. The van der Waals surface area contributed by atoms with Crippen molar-refractivity contribution in [2.24, 2.45) is 7.05 Å². The minimum Gasteiger partial charge on any atom is -0.508 e. The van der Waals surface area contributed by atoms with E-state index in [9.17, 15) is 14.7 Å². The number of rotatable bonds is 7. The van der Waals surface area contributed by atoms with E-state index in [1.54, 1.807) is 47.5 Å². The predicted molar refractivity (Wildman–Crippen MR) is 210 cm³/mol. The van der Waals surface area contributed by atoms with E-state index in [-0.39, 0.29) is 36.0 Å². The smallest absolute Gasteiger partial charge is 0.264 e. The fraction of sp³-hybridized carbons (Fsp3) is 0.310. The van der Waals surface area contributed by atoms with Gasteiger partial charge >= 0.3 is 0 Å². The molecule has 0 aliphatic carbocycles. The number of phenolic OH excluding ortho intramolecular Hbond substituents is 1. The fourth-order valence-electron chi connectivity index (χ4n) is 7.95. The number of pyridine rings is 1. The molecule has 3 aromatic carbocycles. The molecule has 0 spiro atoms. The highest BCUT2D eigenvalue weighted by Gasteiger charge is 2.34. The predicted octanol–water partition coefficient (Wildman–Crippen LogP) is 6.53. The van der Waals surface area contributed by atoms with Crippen molar-refractivity contribution in [3.63, 3.8) is 0 Å². The lowest BCUT2D eigenvalue weighted by Crippen LogP contribution is -2.52. The summed E-state index contributed by atoms with van der Waals surface area (Å²) in [4.78, 5) is 42.2. The SMILES string of the molecule is Cc1c(C(=O)N(c2ccc(O)cc2)c2cnc3c(c2)CCN3C)cc(-c2cc(F)ccc2C(=O)N2Cc3ccccc3C[C@H]2CN2CCOCC2)n1C.Cl. The summed E-state index contributed by atoms with van der Waals surface area (Å²) in [6, 6.07) is 22.7. The Hall–Kier alpha value is -5.23. The van der Waals surface area contributed by atoms with Crippen LogP contribution in [0.1, 0.15) is 43.1 Å². The summed E-state index contributed by atoms with van der Waals surface area (Å²) in [5, 5.41) is 10.1. The van der Waals surface area contributed by atoms with Crippen molar-refractivity contribution in [2.75, 3.05) is 56.2 Å². The van der Waals surface area contributed by atoms with Gasteiger partial charge in [0.25, 0.3) is 11.8 Å². The molecular weight excluding hydrogens is 707 g/mol. The lowest BCUT2D eigenvalue weighted by atomic mass is 9.92. The van der Waals surface area contributed by atoms with Crippen molar-refractivity contribution < 1.29 is 23.8 Å². The number of carbonyl (C=O) groups is 2. The number of amides is 2. The first-order chi connectivity index (χ1) is 25.7. The number of nitrogens with zero attached hydrogens (tertiary/aromatic N) is 6. The molecule has 1 atom stereocenters. The molecule has 2 amide bonds. The van der Waals surface area contributed by atoms with Gasteiger partial charge in [-0.2, -0.15) is 0 Å². The van der Waals surface area contributed by atoms with Crippen molar-refractivity contribution >= 4 is 41.4 Å². The molecule has 3 aliphatic rings. The molecule has 2 aromatic heterocycles. The maximum absolute atomic E-state index is 15.2. The Bertz CT molecular complexity index is 2200. The number of phenols is 1. The summed E-state index contributed by atoms with van der Waals surface area (Å²) in [7, 11) is 3.83. The average molecular weight is 751 g/mol. The van der Waals surface area contributed by atoms with E-state index in [2.05, 4.69) is 21.9 Å². The second kappa shape index (κ2) is 15.3. The van der Waals surface area contributed by atoms with Crippen LogP contribution in [-0.4, -0.2) is 88.8 Å². The van der Waals surface area contributed by atoms with Crippen LogP contribution < -0.4 is 9.80 Å². The average Bonchev–Trinajstić information content (AvgIpc) is 3.69. The van der Waals surface area contributed by atoms with Crippen LogP contribution in [0.3, 0.4) is 0 Å². The Morgan fingerprint density at radius 3 is 2.41 bits per heavy atom. The highest BCUT2D eigenvalue weighted by atomic mass is 35.5. The second-order valence-corrected chi connectivity index (χ2v) is 14.3. The molecule has 1 N–H and O–H groups in total. The van der Waals surface area contributed by atoms with Gasteiger partial charge in [-0.15, -0.1) is 12.4 Å².